The van der Waals surface area contributed by atoms with Gasteiger partial charge in [-0.15, -0.1) is 11.3 Å². The molecule has 0 aliphatic carbocycles. The molecule has 124 valence electrons. The number of hydrogen-bond donors (Lipinski definition) is 0. The third kappa shape index (κ3) is 3.81. The van der Waals surface area contributed by atoms with Crippen molar-refractivity contribution >= 4 is 17.1 Å². The molecule has 0 unspecified atom stereocenters. The third-order valence-electron chi connectivity index (χ3n) is 3.85. The first-order valence-electron chi connectivity index (χ1n) is 8.10. The highest BCUT2D eigenvalue weighted by atomic mass is 32.1. The van der Waals surface area contributed by atoms with E-state index in [0.717, 1.165) is 32.2 Å². The van der Waals surface area contributed by atoms with Gasteiger partial charge in [0.15, 0.2) is 5.78 Å². The molecule has 3 rings (SSSR count). The number of ketones is 1. The first-order valence-corrected chi connectivity index (χ1v) is 8.92. The van der Waals surface area contributed by atoms with Crippen LogP contribution in [0.5, 0.6) is 5.75 Å². The SMILES string of the molecule is CCC(=O)c1ccccc1-c1ccc(C#Cc2ccccc2OC)s1. The van der Waals surface area contributed by atoms with Crippen LogP contribution in [0.4, 0.5) is 0 Å². The molecule has 0 bridgehead atoms. The van der Waals surface area contributed by atoms with Crippen LogP contribution in [0.15, 0.2) is 60.7 Å². The van der Waals surface area contributed by atoms with Crippen LogP contribution in [0.2, 0.25) is 0 Å². The Hall–Kier alpha value is -2.83. The van der Waals surface area contributed by atoms with Gasteiger partial charge in [0.2, 0.25) is 0 Å². The normalized spacial score (nSPS) is 10.0. The lowest BCUT2D eigenvalue weighted by Crippen LogP contribution is -1.98. The molecule has 2 aromatic carbocycles. The van der Waals surface area contributed by atoms with E-state index in [1.54, 1.807) is 18.4 Å². The van der Waals surface area contributed by atoms with Gasteiger partial charge in [-0.25, -0.2) is 0 Å². The van der Waals surface area contributed by atoms with Gasteiger partial charge in [0.05, 0.1) is 17.6 Å². The second-order valence-electron chi connectivity index (χ2n) is 5.44. The zero-order valence-electron chi connectivity index (χ0n) is 14.2. The Bertz CT molecular complexity index is 957. The largest absolute Gasteiger partial charge is 0.495 e. The van der Waals surface area contributed by atoms with Gasteiger partial charge in [-0.2, -0.15) is 0 Å². The van der Waals surface area contributed by atoms with E-state index in [1.807, 2.05) is 67.6 Å². The molecule has 0 saturated heterocycles. The van der Waals surface area contributed by atoms with Crippen LogP contribution in [-0.2, 0) is 0 Å². The molecule has 0 saturated carbocycles. The first kappa shape index (κ1) is 17.0. The van der Waals surface area contributed by atoms with Crippen LogP contribution in [0.1, 0.15) is 34.1 Å². The van der Waals surface area contributed by atoms with Gasteiger partial charge in [0.25, 0.3) is 0 Å². The molecule has 0 amide bonds. The van der Waals surface area contributed by atoms with Crippen molar-refractivity contribution in [1.29, 1.82) is 0 Å². The summed E-state index contributed by atoms with van der Waals surface area (Å²) >= 11 is 1.59. The van der Waals surface area contributed by atoms with Gasteiger partial charge in [-0.05, 0) is 24.3 Å². The van der Waals surface area contributed by atoms with Gasteiger partial charge in [-0.1, -0.05) is 55.2 Å². The van der Waals surface area contributed by atoms with Crippen LogP contribution < -0.4 is 4.74 Å². The number of carbonyl (C=O) groups is 1. The van der Waals surface area contributed by atoms with E-state index in [2.05, 4.69) is 11.8 Å². The van der Waals surface area contributed by atoms with Gasteiger partial charge in [-0.3, -0.25) is 4.79 Å². The summed E-state index contributed by atoms with van der Waals surface area (Å²) in [5.74, 6) is 7.28. The molecule has 1 heterocycles. The molecule has 0 aliphatic heterocycles. The Morgan fingerprint density at radius 1 is 1.00 bits per heavy atom. The van der Waals surface area contributed by atoms with E-state index >= 15 is 0 Å². The highest BCUT2D eigenvalue weighted by Crippen LogP contribution is 2.31. The second kappa shape index (κ2) is 7.83. The van der Waals surface area contributed by atoms with E-state index in [-0.39, 0.29) is 5.78 Å². The standard InChI is InChI=1S/C22H18O2S/c1-3-20(23)18-9-5-6-10-19(18)22-15-14-17(25-22)13-12-16-8-4-7-11-21(16)24-2/h4-11,14-15H,3H2,1-2H3. The summed E-state index contributed by atoms with van der Waals surface area (Å²) in [6, 6.07) is 19.5. The zero-order chi connectivity index (χ0) is 17.6. The fourth-order valence-electron chi connectivity index (χ4n) is 2.56. The van der Waals surface area contributed by atoms with Crippen LogP contribution in [0.3, 0.4) is 0 Å². The van der Waals surface area contributed by atoms with E-state index in [1.165, 1.54) is 0 Å². The van der Waals surface area contributed by atoms with E-state index in [4.69, 9.17) is 4.74 Å². The molecule has 25 heavy (non-hydrogen) atoms. The highest BCUT2D eigenvalue weighted by Gasteiger charge is 2.12. The number of benzene rings is 2. The molecule has 0 aliphatic rings. The number of para-hydroxylation sites is 1. The molecule has 3 heteroatoms. The summed E-state index contributed by atoms with van der Waals surface area (Å²) in [4.78, 5) is 14.2. The average Bonchev–Trinajstić information content (AvgIpc) is 3.14. The number of carbonyl (C=O) groups excluding carboxylic acids is 1. The smallest absolute Gasteiger partial charge is 0.163 e. The molecule has 0 atom stereocenters. The maximum atomic E-state index is 12.2. The van der Waals surface area contributed by atoms with Crippen molar-refractivity contribution in [3.05, 3.63) is 76.7 Å². The molecular weight excluding hydrogens is 328 g/mol. The van der Waals surface area contributed by atoms with Gasteiger partial charge >= 0.3 is 0 Å². The quantitative estimate of drug-likeness (QED) is 0.466. The zero-order valence-corrected chi connectivity index (χ0v) is 15.0. The number of rotatable bonds is 4. The Kier molecular flexibility index (Phi) is 5.33. The van der Waals surface area contributed by atoms with E-state index < -0.39 is 0 Å². The van der Waals surface area contributed by atoms with Crippen molar-refractivity contribution in [2.75, 3.05) is 7.11 Å². The Morgan fingerprint density at radius 3 is 2.56 bits per heavy atom. The van der Waals surface area contributed by atoms with Gasteiger partial charge < -0.3 is 4.74 Å². The van der Waals surface area contributed by atoms with Crippen molar-refractivity contribution in [3.63, 3.8) is 0 Å². The molecule has 1 aromatic heterocycles. The lowest BCUT2D eigenvalue weighted by Gasteiger charge is -2.05. The monoisotopic (exact) mass is 346 g/mol. The van der Waals surface area contributed by atoms with Crippen molar-refractivity contribution < 1.29 is 9.53 Å². The van der Waals surface area contributed by atoms with Crippen molar-refractivity contribution in [2.24, 2.45) is 0 Å². The summed E-state index contributed by atoms with van der Waals surface area (Å²) in [6.45, 7) is 1.89. The minimum atomic E-state index is 0.158. The van der Waals surface area contributed by atoms with Gasteiger partial charge in [0, 0.05) is 22.4 Å². The molecule has 0 radical (unpaired) electrons. The predicted octanol–water partition coefficient (Wildman–Crippen LogP) is 5.42. The van der Waals surface area contributed by atoms with Gasteiger partial charge in [0.1, 0.15) is 5.75 Å². The average molecular weight is 346 g/mol. The second-order valence-corrected chi connectivity index (χ2v) is 6.52. The molecule has 3 aromatic rings. The van der Waals surface area contributed by atoms with Crippen LogP contribution in [0.25, 0.3) is 10.4 Å². The van der Waals surface area contributed by atoms with Crippen LogP contribution in [-0.4, -0.2) is 12.9 Å². The Labute approximate surface area is 152 Å². The molecule has 2 nitrogen and oxygen atoms in total. The summed E-state index contributed by atoms with van der Waals surface area (Å²) in [5, 5.41) is 0. The fourth-order valence-corrected chi connectivity index (χ4v) is 3.46. The number of hydrogen-bond acceptors (Lipinski definition) is 3. The predicted molar refractivity (Wildman–Crippen MR) is 103 cm³/mol. The number of ether oxygens (including phenoxy) is 1. The Morgan fingerprint density at radius 2 is 1.76 bits per heavy atom. The van der Waals surface area contributed by atoms with Crippen LogP contribution >= 0.6 is 11.3 Å². The fraction of sp³-hybridized carbons (Fsp3) is 0.136. The topological polar surface area (TPSA) is 26.3 Å². The molecule has 0 N–H and O–H groups in total. The number of thiophene rings is 1. The molecular formula is C22H18O2S. The van der Waals surface area contributed by atoms with Crippen molar-refractivity contribution in [3.8, 4) is 28.0 Å². The summed E-state index contributed by atoms with van der Waals surface area (Å²) in [5.41, 5.74) is 2.61. The van der Waals surface area contributed by atoms with Crippen LogP contribution in [0, 0.1) is 11.8 Å². The van der Waals surface area contributed by atoms with Crippen molar-refractivity contribution in [2.45, 2.75) is 13.3 Å². The van der Waals surface area contributed by atoms with E-state index in [9.17, 15) is 4.79 Å². The lowest BCUT2D eigenvalue weighted by molar-refractivity contribution is 0.0989. The number of Topliss-reactive ketones (excluding diaryl/α,β-unsaturated/α-hetero) is 1. The first-order chi connectivity index (χ1) is 12.2. The minimum Gasteiger partial charge on any atom is -0.495 e. The van der Waals surface area contributed by atoms with Crippen molar-refractivity contribution in [1.82, 2.24) is 0 Å². The maximum absolute atomic E-state index is 12.2. The molecule has 0 spiro atoms. The summed E-state index contributed by atoms with van der Waals surface area (Å²) in [7, 11) is 1.64. The number of methoxy groups -OCH3 is 1. The summed E-state index contributed by atoms with van der Waals surface area (Å²) in [6.07, 6.45) is 0.503. The Balaban J connectivity index is 1.93. The summed E-state index contributed by atoms with van der Waals surface area (Å²) < 4.78 is 5.33. The third-order valence-corrected chi connectivity index (χ3v) is 4.88. The van der Waals surface area contributed by atoms with E-state index in [0.29, 0.717) is 6.42 Å². The molecule has 0 fully saturated rings. The lowest BCUT2D eigenvalue weighted by atomic mass is 10.0. The minimum absolute atomic E-state index is 0.158. The maximum Gasteiger partial charge on any atom is 0.163 e. The highest BCUT2D eigenvalue weighted by molar-refractivity contribution is 7.16.